The van der Waals surface area contributed by atoms with Gasteiger partial charge in [-0.1, -0.05) is 83.5 Å². The summed E-state index contributed by atoms with van der Waals surface area (Å²) in [4.78, 5) is 29.2. The summed E-state index contributed by atoms with van der Waals surface area (Å²) in [5.41, 5.74) is 3.28. The summed E-state index contributed by atoms with van der Waals surface area (Å²) in [5, 5.41) is 3.07. The first-order valence-corrected chi connectivity index (χ1v) is 16.5. The first-order chi connectivity index (χ1) is 19.5. The van der Waals surface area contributed by atoms with Gasteiger partial charge in [0.15, 0.2) is 0 Å². The zero-order valence-corrected chi connectivity index (χ0v) is 26.6. The largest absolute Gasteiger partial charge is 0.352 e. The van der Waals surface area contributed by atoms with Crippen molar-refractivity contribution < 1.29 is 18.0 Å². The highest BCUT2D eigenvalue weighted by atomic mass is 79.9. The Morgan fingerprint density at radius 1 is 0.951 bits per heavy atom. The van der Waals surface area contributed by atoms with E-state index in [1.165, 1.54) is 10.6 Å². The van der Waals surface area contributed by atoms with E-state index in [-0.39, 0.29) is 37.4 Å². The Morgan fingerprint density at radius 2 is 1.61 bits per heavy atom. The Bertz CT molecular complexity index is 1420. The molecule has 2 amide bonds. The van der Waals surface area contributed by atoms with Gasteiger partial charge in [0.05, 0.1) is 11.9 Å². The van der Waals surface area contributed by atoms with Gasteiger partial charge in [-0.05, 0) is 61.6 Å². The monoisotopic (exact) mass is 641 g/mol. The van der Waals surface area contributed by atoms with Crippen LogP contribution < -0.4 is 9.62 Å². The fourth-order valence-electron chi connectivity index (χ4n) is 4.65. The molecule has 0 saturated carbocycles. The van der Waals surface area contributed by atoms with E-state index >= 15 is 0 Å². The standard InChI is InChI=1S/C32H40BrN3O4S/c1-5-25(3)34-32(38)30(22-26-14-7-6-8-15-26)35(23-27-16-11-17-28(33)21-27)31(37)19-12-20-36(41(4,39)40)29-18-10-9-13-24(29)2/h6-11,13-18,21,25,30H,5,12,19-20,22-23H2,1-4H3,(H,34,38). The molecular weight excluding hydrogens is 602 g/mol. The molecule has 0 heterocycles. The minimum absolute atomic E-state index is 0.0407. The Labute approximate surface area is 253 Å². The van der Waals surface area contributed by atoms with Gasteiger partial charge in [0.2, 0.25) is 21.8 Å². The number of amides is 2. The number of nitrogens with zero attached hydrogens (tertiary/aromatic N) is 2. The van der Waals surface area contributed by atoms with Crippen LogP contribution in [0.5, 0.6) is 0 Å². The minimum atomic E-state index is -3.56. The molecule has 3 aromatic rings. The van der Waals surface area contributed by atoms with E-state index in [1.807, 2.05) is 87.5 Å². The van der Waals surface area contributed by atoms with Crippen molar-refractivity contribution >= 4 is 43.5 Å². The van der Waals surface area contributed by atoms with Crippen molar-refractivity contribution in [2.45, 2.75) is 65.1 Å². The third-order valence-electron chi connectivity index (χ3n) is 7.05. The fraction of sp³-hybridized carbons (Fsp3) is 0.375. The number of hydrogen-bond acceptors (Lipinski definition) is 4. The van der Waals surface area contributed by atoms with Crippen molar-refractivity contribution in [3.05, 3.63) is 100 Å². The number of carbonyl (C=O) groups excluding carboxylic acids is 2. The van der Waals surface area contributed by atoms with Gasteiger partial charge in [0, 0.05) is 36.4 Å². The first kappa shape index (κ1) is 32.3. The number of sulfonamides is 1. The van der Waals surface area contributed by atoms with Crippen LogP contribution in [0.15, 0.2) is 83.3 Å². The quantitative estimate of drug-likeness (QED) is 0.239. The Hall–Kier alpha value is -3.17. The minimum Gasteiger partial charge on any atom is -0.352 e. The molecule has 2 atom stereocenters. The molecule has 0 aliphatic carbocycles. The SMILES string of the molecule is CCC(C)NC(=O)C(Cc1ccccc1)N(Cc1cccc(Br)c1)C(=O)CCCN(c1ccccc1C)S(C)(=O)=O. The lowest BCUT2D eigenvalue weighted by Gasteiger charge is -2.33. The molecule has 7 nitrogen and oxygen atoms in total. The number of benzene rings is 3. The van der Waals surface area contributed by atoms with Gasteiger partial charge >= 0.3 is 0 Å². The zero-order valence-electron chi connectivity index (χ0n) is 24.2. The van der Waals surface area contributed by atoms with E-state index in [2.05, 4.69) is 21.2 Å². The number of aryl methyl sites for hydroxylation is 1. The van der Waals surface area contributed by atoms with Gasteiger partial charge in [-0.15, -0.1) is 0 Å². The predicted molar refractivity (Wildman–Crippen MR) is 169 cm³/mol. The second-order valence-electron chi connectivity index (χ2n) is 10.4. The summed E-state index contributed by atoms with van der Waals surface area (Å²) < 4.78 is 27.6. The van der Waals surface area contributed by atoms with Crippen molar-refractivity contribution in [3.8, 4) is 0 Å². The number of anilines is 1. The van der Waals surface area contributed by atoms with Crippen molar-refractivity contribution in [1.82, 2.24) is 10.2 Å². The fourth-order valence-corrected chi connectivity index (χ4v) is 6.12. The van der Waals surface area contributed by atoms with Crippen LogP contribution in [0.4, 0.5) is 5.69 Å². The van der Waals surface area contributed by atoms with Crippen LogP contribution >= 0.6 is 15.9 Å². The molecule has 1 N–H and O–H groups in total. The summed E-state index contributed by atoms with van der Waals surface area (Å²) >= 11 is 3.51. The van der Waals surface area contributed by atoms with Crippen LogP contribution in [0.2, 0.25) is 0 Å². The third-order valence-corrected chi connectivity index (χ3v) is 8.72. The maximum Gasteiger partial charge on any atom is 0.243 e. The summed E-state index contributed by atoms with van der Waals surface area (Å²) in [5.74, 6) is -0.410. The second kappa shape index (κ2) is 15.2. The van der Waals surface area contributed by atoms with Gasteiger partial charge in [-0.3, -0.25) is 13.9 Å². The van der Waals surface area contributed by atoms with E-state index in [4.69, 9.17) is 0 Å². The molecule has 0 radical (unpaired) electrons. The lowest BCUT2D eigenvalue weighted by molar-refractivity contribution is -0.141. The van der Waals surface area contributed by atoms with Crippen molar-refractivity contribution in [2.24, 2.45) is 0 Å². The van der Waals surface area contributed by atoms with Gasteiger partial charge in [0.1, 0.15) is 6.04 Å². The van der Waals surface area contributed by atoms with Crippen molar-refractivity contribution in [2.75, 3.05) is 17.1 Å². The van der Waals surface area contributed by atoms with Gasteiger partial charge < -0.3 is 10.2 Å². The van der Waals surface area contributed by atoms with Crippen LogP contribution in [0.25, 0.3) is 0 Å². The van der Waals surface area contributed by atoms with Crippen LogP contribution in [-0.2, 0) is 32.6 Å². The third kappa shape index (κ3) is 9.71. The highest BCUT2D eigenvalue weighted by molar-refractivity contribution is 9.10. The van der Waals surface area contributed by atoms with Gasteiger partial charge in [-0.25, -0.2) is 8.42 Å². The number of rotatable bonds is 14. The van der Waals surface area contributed by atoms with Crippen LogP contribution in [0.3, 0.4) is 0 Å². The van der Waals surface area contributed by atoms with Crippen molar-refractivity contribution in [3.63, 3.8) is 0 Å². The normalized spacial score (nSPS) is 12.8. The average Bonchev–Trinajstić information content (AvgIpc) is 2.93. The maximum atomic E-state index is 13.9. The molecule has 0 aliphatic heterocycles. The molecule has 0 saturated heterocycles. The molecule has 220 valence electrons. The first-order valence-electron chi connectivity index (χ1n) is 13.9. The summed E-state index contributed by atoms with van der Waals surface area (Å²) in [6.45, 7) is 6.22. The molecule has 41 heavy (non-hydrogen) atoms. The molecule has 0 aromatic heterocycles. The number of carbonyl (C=O) groups is 2. The van der Waals surface area contributed by atoms with Gasteiger partial charge in [-0.2, -0.15) is 0 Å². The lowest BCUT2D eigenvalue weighted by atomic mass is 10.0. The zero-order chi connectivity index (χ0) is 30.0. The number of halogens is 1. The number of hydrogen-bond donors (Lipinski definition) is 1. The highest BCUT2D eigenvalue weighted by Gasteiger charge is 2.31. The smallest absolute Gasteiger partial charge is 0.243 e. The summed E-state index contributed by atoms with van der Waals surface area (Å²) in [7, 11) is -3.56. The molecular formula is C32H40BrN3O4S. The van der Waals surface area contributed by atoms with E-state index in [1.54, 1.807) is 17.0 Å². The maximum absolute atomic E-state index is 13.9. The van der Waals surface area contributed by atoms with E-state index in [0.29, 0.717) is 18.5 Å². The van der Waals surface area contributed by atoms with E-state index in [9.17, 15) is 18.0 Å². The molecule has 0 fully saturated rings. The average molecular weight is 643 g/mol. The molecule has 3 aromatic carbocycles. The second-order valence-corrected chi connectivity index (χ2v) is 13.2. The molecule has 2 unspecified atom stereocenters. The van der Waals surface area contributed by atoms with Crippen LogP contribution in [0, 0.1) is 6.92 Å². The van der Waals surface area contributed by atoms with Crippen LogP contribution in [-0.4, -0.2) is 50.0 Å². The lowest BCUT2D eigenvalue weighted by Crippen LogP contribution is -2.52. The van der Waals surface area contributed by atoms with Gasteiger partial charge in [0.25, 0.3) is 0 Å². The molecule has 0 bridgehead atoms. The Balaban J connectivity index is 1.90. The molecule has 3 rings (SSSR count). The Morgan fingerprint density at radius 3 is 2.24 bits per heavy atom. The van der Waals surface area contributed by atoms with Crippen molar-refractivity contribution in [1.29, 1.82) is 0 Å². The number of para-hydroxylation sites is 1. The number of nitrogens with one attached hydrogen (secondary N) is 1. The molecule has 0 aliphatic rings. The Kier molecular flexibility index (Phi) is 12.0. The van der Waals surface area contributed by atoms with E-state index in [0.717, 1.165) is 27.6 Å². The van der Waals surface area contributed by atoms with E-state index < -0.39 is 16.1 Å². The highest BCUT2D eigenvalue weighted by Crippen LogP contribution is 2.24. The predicted octanol–water partition coefficient (Wildman–Crippen LogP) is 5.86. The van der Waals surface area contributed by atoms with Crippen LogP contribution in [0.1, 0.15) is 49.8 Å². The molecule has 0 spiro atoms. The molecule has 9 heteroatoms. The summed E-state index contributed by atoms with van der Waals surface area (Å²) in [6.07, 6.45) is 2.70. The summed E-state index contributed by atoms with van der Waals surface area (Å²) in [6, 6.07) is 23.9. The topological polar surface area (TPSA) is 86.8 Å².